The molecule has 1 heterocycles. The molecule has 5 heteroatoms. The number of hydrogen-bond acceptors (Lipinski definition) is 3. The van der Waals surface area contributed by atoms with E-state index in [-0.39, 0.29) is 5.69 Å². The molecule has 0 bridgehead atoms. The molecule has 1 aliphatic rings. The molecule has 0 amide bonds. The molecule has 2 aromatic rings. The Hall–Kier alpha value is -2.43. The smallest absolute Gasteiger partial charge is 0.357 e. The lowest BCUT2D eigenvalue weighted by Crippen LogP contribution is -2.14. The Morgan fingerprint density at radius 1 is 1.32 bits per heavy atom. The third kappa shape index (κ3) is 2.79. The van der Waals surface area contributed by atoms with Crippen LogP contribution in [0.4, 0.5) is 5.69 Å². The zero-order valence-corrected chi connectivity index (χ0v) is 12.6. The maximum atomic E-state index is 11.3. The average Bonchev–Trinajstić information content (AvgIpc) is 2.95. The zero-order valence-electron chi connectivity index (χ0n) is 12.6. The molecule has 114 valence electrons. The van der Waals surface area contributed by atoms with Crippen LogP contribution in [-0.4, -0.2) is 27.0 Å². The number of aryl methyl sites for hydroxylation is 2. The maximum Gasteiger partial charge on any atom is 0.357 e. The Morgan fingerprint density at radius 2 is 2.09 bits per heavy atom. The lowest BCUT2D eigenvalue weighted by molar-refractivity contribution is 0.0690. The minimum atomic E-state index is -1.01. The highest BCUT2D eigenvalue weighted by molar-refractivity contribution is 6.10. The summed E-state index contributed by atoms with van der Waals surface area (Å²) < 4.78 is 0. The van der Waals surface area contributed by atoms with Gasteiger partial charge in [-0.3, -0.25) is 10.1 Å². The second kappa shape index (κ2) is 6.13. The van der Waals surface area contributed by atoms with Crippen molar-refractivity contribution in [3.05, 3.63) is 46.8 Å². The van der Waals surface area contributed by atoms with Gasteiger partial charge in [0.1, 0.15) is 0 Å². The van der Waals surface area contributed by atoms with Crippen LogP contribution in [0.5, 0.6) is 0 Å². The number of aromatic amines is 1. The van der Waals surface area contributed by atoms with Crippen LogP contribution in [0.2, 0.25) is 0 Å². The summed E-state index contributed by atoms with van der Waals surface area (Å²) in [5.41, 5.74) is 4.61. The summed E-state index contributed by atoms with van der Waals surface area (Å²) >= 11 is 0. The first-order valence-corrected chi connectivity index (χ1v) is 7.66. The molecule has 0 unspecified atom stereocenters. The van der Waals surface area contributed by atoms with E-state index in [2.05, 4.69) is 34.2 Å². The van der Waals surface area contributed by atoms with Crippen LogP contribution in [0.25, 0.3) is 0 Å². The van der Waals surface area contributed by atoms with E-state index in [4.69, 9.17) is 0 Å². The first-order chi connectivity index (χ1) is 10.7. The van der Waals surface area contributed by atoms with Gasteiger partial charge in [0.25, 0.3) is 0 Å². The van der Waals surface area contributed by atoms with Crippen molar-refractivity contribution >= 4 is 17.4 Å². The molecule has 22 heavy (non-hydrogen) atoms. The van der Waals surface area contributed by atoms with Crippen molar-refractivity contribution in [3.8, 4) is 0 Å². The van der Waals surface area contributed by atoms with Gasteiger partial charge in [-0.2, -0.15) is 5.10 Å². The first kappa shape index (κ1) is 14.5. The van der Waals surface area contributed by atoms with Crippen molar-refractivity contribution < 1.29 is 9.90 Å². The number of carbonyl (C=O) groups is 1. The van der Waals surface area contributed by atoms with Crippen LogP contribution in [0.1, 0.15) is 53.5 Å². The second-order valence-electron chi connectivity index (χ2n) is 5.56. The van der Waals surface area contributed by atoms with Crippen molar-refractivity contribution in [2.75, 3.05) is 0 Å². The fraction of sp³-hybridized carbons (Fsp3) is 0.353. The van der Waals surface area contributed by atoms with Crippen LogP contribution in [0.3, 0.4) is 0 Å². The number of carboxylic acids is 1. The summed E-state index contributed by atoms with van der Waals surface area (Å²) in [6, 6.07) is 8.15. The number of aliphatic imine (C=N–C) groups is 1. The Labute approximate surface area is 129 Å². The second-order valence-corrected chi connectivity index (χ2v) is 5.56. The van der Waals surface area contributed by atoms with Crippen LogP contribution in [0.15, 0.2) is 29.3 Å². The number of hydrogen-bond donors (Lipinski definition) is 2. The molecule has 0 spiro atoms. The standard InChI is InChI=1S/C17H19N3O2/c1-2-4-11-7-9-12(10-8-11)18-13-5-3-6-14-15(13)16(17(21)22)20-19-14/h7-10H,2-6H2,1H3,(H,19,20)(H,21,22). The van der Waals surface area contributed by atoms with Gasteiger partial charge >= 0.3 is 5.97 Å². The van der Waals surface area contributed by atoms with E-state index in [9.17, 15) is 9.90 Å². The van der Waals surface area contributed by atoms with Gasteiger partial charge in [0.05, 0.1) is 17.0 Å². The number of nitrogens with one attached hydrogen (secondary N) is 1. The van der Waals surface area contributed by atoms with Gasteiger partial charge in [-0.1, -0.05) is 25.5 Å². The Morgan fingerprint density at radius 3 is 2.77 bits per heavy atom. The number of rotatable bonds is 4. The van der Waals surface area contributed by atoms with Gasteiger partial charge in [0, 0.05) is 5.69 Å². The molecule has 0 saturated carbocycles. The Balaban J connectivity index is 1.96. The van der Waals surface area contributed by atoms with Crippen LogP contribution >= 0.6 is 0 Å². The molecule has 0 saturated heterocycles. The quantitative estimate of drug-likeness (QED) is 0.906. The van der Waals surface area contributed by atoms with E-state index in [1.165, 1.54) is 5.56 Å². The number of fused-ring (bicyclic) bond motifs is 1. The summed E-state index contributed by atoms with van der Waals surface area (Å²) in [6.07, 6.45) is 4.74. The zero-order chi connectivity index (χ0) is 15.5. The van der Waals surface area contributed by atoms with E-state index in [1.54, 1.807) is 0 Å². The average molecular weight is 297 g/mol. The van der Waals surface area contributed by atoms with E-state index in [1.807, 2.05) is 12.1 Å². The van der Waals surface area contributed by atoms with Crippen molar-refractivity contribution in [1.29, 1.82) is 0 Å². The number of H-pyrrole nitrogens is 1. The predicted molar refractivity (Wildman–Crippen MR) is 85.1 cm³/mol. The van der Waals surface area contributed by atoms with Gasteiger partial charge in [0.15, 0.2) is 5.69 Å². The predicted octanol–water partition coefficient (Wildman–Crippen LogP) is 3.52. The Bertz CT molecular complexity index is 714. The number of aromatic nitrogens is 2. The van der Waals surface area contributed by atoms with Gasteiger partial charge in [-0.25, -0.2) is 4.79 Å². The number of nitrogens with zero attached hydrogens (tertiary/aromatic N) is 2. The van der Waals surface area contributed by atoms with Gasteiger partial charge in [0.2, 0.25) is 0 Å². The third-order valence-electron chi connectivity index (χ3n) is 3.91. The van der Waals surface area contributed by atoms with Gasteiger partial charge < -0.3 is 5.11 Å². The van der Waals surface area contributed by atoms with Crippen LogP contribution in [-0.2, 0) is 12.8 Å². The molecule has 1 aromatic heterocycles. The molecule has 0 aliphatic heterocycles. The lowest BCUT2D eigenvalue weighted by atomic mass is 9.93. The molecule has 0 fully saturated rings. The maximum absolute atomic E-state index is 11.3. The molecule has 0 atom stereocenters. The van der Waals surface area contributed by atoms with E-state index in [0.29, 0.717) is 5.56 Å². The van der Waals surface area contributed by atoms with E-state index >= 15 is 0 Å². The summed E-state index contributed by atoms with van der Waals surface area (Å²) in [6.45, 7) is 2.16. The van der Waals surface area contributed by atoms with Crippen molar-refractivity contribution in [3.63, 3.8) is 0 Å². The first-order valence-electron chi connectivity index (χ1n) is 7.66. The molecule has 3 rings (SSSR count). The molecule has 1 aliphatic carbocycles. The number of aromatic carboxylic acids is 1. The van der Waals surface area contributed by atoms with E-state index < -0.39 is 5.97 Å². The summed E-state index contributed by atoms with van der Waals surface area (Å²) in [4.78, 5) is 16.0. The summed E-state index contributed by atoms with van der Waals surface area (Å²) in [5.74, 6) is -1.01. The molecular weight excluding hydrogens is 278 g/mol. The highest BCUT2D eigenvalue weighted by Gasteiger charge is 2.26. The fourth-order valence-electron chi connectivity index (χ4n) is 2.88. The Kier molecular flexibility index (Phi) is 4.04. The number of carboxylic acid groups (broad SMARTS) is 1. The number of benzene rings is 1. The van der Waals surface area contributed by atoms with Crippen LogP contribution in [0, 0.1) is 0 Å². The normalized spacial score (nSPS) is 15.8. The molecule has 5 nitrogen and oxygen atoms in total. The lowest BCUT2D eigenvalue weighted by Gasteiger charge is -2.14. The molecule has 2 N–H and O–H groups in total. The van der Waals surface area contributed by atoms with Crippen molar-refractivity contribution in [2.24, 2.45) is 4.99 Å². The molecular formula is C17H19N3O2. The van der Waals surface area contributed by atoms with Gasteiger partial charge in [-0.05, 0) is 43.4 Å². The monoisotopic (exact) mass is 297 g/mol. The summed E-state index contributed by atoms with van der Waals surface area (Å²) in [5, 5.41) is 16.0. The van der Waals surface area contributed by atoms with E-state index in [0.717, 1.165) is 49.2 Å². The fourth-order valence-corrected chi connectivity index (χ4v) is 2.88. The summed E-state index contributed by atoms with van der Waals surface area (Å²) in [7, 11) is 0. The minimum Gasteiger partial charge on any atom is -0.476 e. The largest absolute Gasteiger partial charge is 0.476 e. The topological polar surface area (TPSA) is 78.3 Å². The molecule has 0 radical (unpaired) electrons. The SMILES string of the molecule is CCCc1ccc(N=C2CCCc3[nH]nc(C(=O)O)c32)cc1. The van der Waals surface area contributed by atoms with Crippen molar-refractivity contribution in [2.45, 2.75) is 39.0 Å². The van der Waals surface area contributed by atoms with Crippen LogP contribution < -0.4 is 0 Å². The van der Waals surface area contributed by atoms with Crippen molar-refractivity contribution in [1.82, 2.24) is 10.2 Å². The third-order valence-corrected chi connectivity index (χ3v) is 3.91. The molecule has 1 aromatic carbocycles. The highest BCUT2D eigenvalue weighted by atomic mass is 16.4. The highest BCUT2D eigenvalue weighted by Crippen LogP contribution is 2.26. The minimum absolute atomic E-state index is 0.0797. The van der Waals surface area contributed by atoms with Gasteiger partial charge in [-0.15, -0.1) is 0 Å².